The van der Waals surface area contributed by atoms with Crippen molar-refractivity contribution in [3.63, 3.8) is 0 Å². The molecule has 1 aromatic carbocycles. The normalized spacial score (nSPS) is 12.0. The summed E-state index contributed by atoms with van der Waals surface area (Å²) in [4.78, 5) is 7.23. The molecule has 0 saturated carbocycles. The summed E-state index contributed by atoms with van der Waals surface area (Å²) in [5, 5.41) is 0.794. The number of nitrogens with one attached hydrogen (secondary N) is 1. The molecule has 0 radical (unpaired) electrons. The number of pyridine rings is 1. The SMILES string of the molecule is Cc1ccc2cc(-c3ccccc3C(F)(F)F)[nH]c2n1. The molecule has 0 aliphatic heterocycles. The first-order valence-corrected chi connectivity index (χ1v) is 6.08. The van der Waals surface area contributed by atoms with Gasteiger partial charge in [-0.2, -0.15) is 13.2 Å². The zero-order chi connectivity index (χ0) is 14.3. The number of aromatic nitrogens is 2. The fourth-order valence-corrected chi connectivity index (χ4v) is 2.21. The number of alkyl halides is 3. The number of aryl methyl sites for hydroxylation is 1. The monoisotopic (exact) mass is 276 g/mol. The molecule has 0 atom stereocenters. The second kappa shape index (κ2) is 4.37. The van der Waals surface area contributed by atoms with E-state index in [1.165, 1.54) is 12.1 Å². The van der Waals surface area contributed by atoms with Crippen LogP contribution in [0.25, 0.3) is 22.3 Å². The predicted octanol–water partition coefficient (Wildman–Crippen LogP) is 4.56. The summed E-state index contributed by atoms with van der Waals surface area (Å²) in [5.41, 5.74) is 1.32. The van der Waals surface area contributed by atoms with Crippen LogP contribution in [-0.2, 0) is 6.18 Å². The predicted molar refractivity (Wildman–Crippen MR) is 71.3 cm³/mol. The Hall–Kier alpha value is -2.30. The Morgan fingerprint density at radius 1 is 1.05 bits per heavy atom. The minimum absolute atomic E-state index is 0.135. The Morgan fingerprint density at radius 2 is 1.80 bits per heavy atom. The van der Waals surface area contributed by atoms with Gasteiger partial charge in [0.1, 0.15) is 5.65 Å². The van der Waals surface area contributed by atoms with E-state index in [0.29, 0.717) is 11.3 Å². The van der Waals surface area contributed by atoms with E-state index in [1.54, 1.807) is 12.1 Å². The Balaban J connectivity index is 2.21. The van der Waals surface area contributed by atoms with Crippen LogP contribution in [-0.4, -0.2) is 9.97 Å². The average Bonchev–Trinajstić information content (AvgIpc) is 2.80. The smallest absolute Gasteiger partial charge is 0.339 e. The van der Waals surface area contributed by atoms with E-state index in [2.05, 4.69) is 9.97 Å². The van der Waals surface area contributed by atoms with Gasteiger partial charge in [0.2, 0.25) is 0 Å². The molecule has 0 aliphatic rings. The van der Waals surface area contributed by atoms with Crippen molar-refractivity contribution in [2.45, 2.75) is 13.1 Å². The number of hydrogen-bond acceptors (Lipinski definition) is 1. The molecule has 102 valence electrons. The van der Waals surface area contributed by atoms with Crippen LogP contribution in [0.5, 0.6) is 0 Å². The number of aromatic amines is 1. The van der Waals surface area contributed by atoms with Crippen LogP contribution in [0.15, 0.2) is 42.5 Å². The lowest BCUT2D eigenvalue weighted by Crippen LogP contribution is -2.06. The molecular weight excluding hydrogens is 265 g/mol. The molecule has 0 spiro atoms. The fraction of sp³-hybridized carbons (Fsp3) is 0.133. The van der Waals surface area contributed by atoms with Gasteiger partial charge in [-0.05, 0) is 31.2 Å². The Morgan fingerprint density at radius 3 is 2.55 bits per heavy atom. The minimum atomic E-state index is -4.38. The minimum Gasteiger partial charge on any atom is -0.339 e. The molecule has 20 heavy (non-hydrogen) atoms. The van der Waals surface area contributed by atoms with Crippen LogP contribution in [0.1, 0.15) is 11.3 Å². The first-order chi connectivity index (χ1) is 9.45. The first kappa shape index (κ1) is 12.7. The highest BCUT2D eigenvalue weighted by atomic mass is 19.4. The molecule has 0 aliphatic carbocycles. The van der Waals surface area contributed by atoms with Crippen molar-refractivity contribution in [2.24, 2.45) is 0 Å². The van der Waals surface area contributed by atoms with Crippen LogP contribution >= 0.6 is 0 Å². The van der Waals surface area contributed by atoms with Gasteiger partial charge in [-0.25, -0.2) is 4.98 Å². The summed E-state index contributed by atoms with van der Waals surface area (Å²) in [5.74, 6) is 0. The molecule has 2 aromatic heterocycles. The summed E-state index contributed by atoms with van der Waals surface area (Å²) in [6.07, 6.45) is -4.38. The third-order valence-corrected chi connectivity index (χ3v) is 3.14. The zero-order valence-corrected chi connectivity index (χ0v) is 10.6. The fourth-order valence-electron chi connectivity index (χ4n) is 2.21. The van der Waals surface area contributed by atoms with E-state index < -0.39 is 11.7 Å². The highest BCUT2D eigenvalue weighted by Crippen LogP contribution is 2.37. The molecular formula is C15H11F3N2. The molecule has 2 heterocycles. The van der Waals surface area contributed by atoms with Crippen molar-refractivity contribution in [3.05, 3.63) is 53.7 Å². The molecule has 0 bridgehead atoms. The Kier molecular flexibility index (Phi) is 2.78. The van der Waals surface area contributed by atoms with E-state index in [-0.39, 0.29) is 5.56 Å². The van der Waals surface area contributed by atoms with Crippen LogP contribution in [0.2, 0.25) is 0 Å². The van der Waals surface area contributed by atoms with Crippen molar-refractivity contribution in [3.8, 4) is 11.3 Å². The van der Waals surface area contributed by atoms with Gasteiger partial charge in [0.05, 0.1) is 5.56 Å². The number of H-pyrrole nitrogens is 1. The number of hydrogen-bond donors (Lipinski definition) is 1. The van der Waals surface area contributed by atoms with E-state index in [9.17, 15) is 13.2 Å². The quantitative estimate of drug-likeness (QED) is 0.693. The van der Waals surface area contributed by atoms with Gasteiger partial charge in [0.15, 0.2) is 0 Å². The van der Waals surface area contributed by atoms with Crippen molar-refractivity contribution >= 4 is 11.0 Å². The molecule has 0 saturated heterocycles. The molecule has 0 amide bonds. The van der Waals surface area contributed by atoms with Crippen molar-refractivity contribution < 1.29 is 13.2 Å². The third-order valence-electron chi connectivity index (χ3n) is 3.14. The van der Waals surface area contributed by atoms with Gasteiger partial charge >= 0.3 is 6.18 Å². The van der Waals surface area contributed by atoms with Gasteiger partial charge in [0, 0.05) is 22.3 Å². The Labute approximate surface area is 113 Å². The lowest BCUT2D eigenvalue weighted by molar-refractivity contribution is -0.137. The average molecular weight is 276 g/mol. The molecule has 3 rings (SSSR count). The van der Waals surface area contributed by atoms with Crippen molar-refractivity contribution in [1.29, 1.82) is 0 Å². The third kappa shape index (κ3) is 2.15. The van der Waals surface area contributed by atoms with Gasteiger partial charge in [0.25, 0.3) is 0 Å². The van der Waals surface area contributed by atoms with E-state index in [4.69, 9.17) is 0 Å². The van der Waals surface area contributed by atoms with Crippen LogP contribution < -0.4 is 0 Å². The summed E-state index contributed by atoms with van der Waals surface area (Å²) in [7, 11) is 0. The number of fused-ring (bicyclic) bond motifs is 1. The summed E-state index contributed by atoms with van der Waals surface area (Å²) >= 11 is 0. The maximum atomic E-state index is 13.0. The summed E-state index contributed by atoms with van der Waals surface area (Å²) in [6.45, 7) is 1.84. The van der Waals surface area contributed by atoms with Crippen LogP contribution in [0.4, 0.5) is 13.2 Å². The molecule has 3 aromatic rings. The van der Waals surface area contributed by atoms with E-state index >= 15 is 0 Å². The molecule has 0 fully saturated rings. The molecule has 2 nitrogen and oxygen atoms in total. The first-order valence-electron chi connectivity index (χ1n) is 6.08. The largest absolute Gasteiger partial charge is 0.417 e. The number of benzene rings is 1. The van der Waals surface area contributed by atoms with Gasteiger partial charge in [-0.15, -0.1) is 0 Å². The molecule has 1 N–H and O–H groups in total. The van der Waals surface area contributed by atoms with Crippen LogP contribution in [0.3, 0.4) is 0 Å². The standard InChI is InChI=1S/C15H11F3N2/c1-9-6-7-10-8-13(20-14(10)19-9)11-4-2-3-5-12(11)15(16,17)18/h2-8H,1H3,(H,19,20). The van der Waals surface area contributed by atoms with E-state index in [0.717, 1.165) is 17.1 Å². The summed E-state index contributed by atoms with van der Waals surface area (Å²) in [6, 6.07) is 10.9. The maximum absolute atomic E-state index is 13.0. The van der Waals surface area contributed by atoms with E-state index in [1.807, 2.05) is 19.1 Å². The topological polar surface area (TPSA) is 28.7 Å². The number of nitrogens with zero attached hydrogens (tertiary/aromatic N) is 1. The summed E-state index contributed by atoms with van der Waals surface area (Å²) < 4.78 is 39.1. The maximum Gasteiger partial charge on any atom is 0.417 e. The molecule has 0 unspecified atom stereocenters. The molecule has 5 heteroatoms. The second-order valence-electron chi connectivity index (χ2n) is 4.62. The zero-order valence-electron chi connectivity index (χ0n) is 10.6. The highest BCUT2D eigenvalue weighted by molar-refractivity contribution is 5.84. The van der Waals surface area contributed by atoms with Gasteiger partial charge < -0.3 is 4.98 Å². The van der Waals surface area contributed by atoms with Crippen molar-refractivity contribution in [1.82, 2.24) is 9.97 Å². The lowest BCUT2D eigenvalue weighted by atomic mass is 10.0. The van der Waals surface area contributed by atoms with Crippen molar-refractivity contribution in [2.75, 3.05) is 0 Å². The second-order valence-corrected chi connectivity index (χ2v) is 4.62. The number of halogens is 3. The van der Waals surface area contributed by atoms with Gasteiger partial charge in [-0.3, -0.25) is 0 Å². The highest BCUT2D eigenvalue weighted by Gasteiger charge is 2.33. The lowest BCUT2D eigenvalue weighted by Gasteiger charge is -2.11. The Bertz CT molecular complexity index is 772. The number of rotatable bonds is 1. The van der Waals surface area contributed by atoms with Gasteiger partial charge in [-0.1, -0.05) is 18.2 Å². The van der Waals surface area contributed by atoms with Crippen LogP contribution in [0, 0.1) is 6.92 Å².